The van der Waals surface area contributed by atoms with Crippen molar-refractivity contribution in [2.24, 2.45) is 11.8 Å². The summed E-state index contributed by atoms with van der Waals surface area (Å²) in [5, 5.41) is 0. The van der Waals surface area contributed by atoms with E-state index in [0.29, 0.717) is 6.04 Å². The minimum absolute atomic E-state index is 0.675. The Balaban J connectivity index is 1.85. The minimum Gasteiger partial charge on any atom is -0.299 e. The van der Waals surface area contributed by atoms with Gasteiger partial charge in [-0.1, -0.05) is 63.3 Å². The van der Waals surface area contributed by atoms with Gasteiger partial charge in [-0.3, -0.25) is 4.90 Å². The molecule has 0 amide bonds. The van der Waals surface area contributed by atoms with Crippen LogP contribution < -0.4 is 0 Å². The van der Waals surface area contributed by atoms with Crippen LogP contribution in [0.15, 0.2) is 24.3 Å². The summed E-state index contributed by atoms with van der Waals surface area (Å²) in [7, 11) is 2.34. The molecule has 1 aromatic carbocycles. The molecule has 1 nitrogen and oxygen atoms in total. The molecule has 1 fully saturated rings. The van der Waals surface area contributed by atoms with E-state index >= 15 is 0 Å². The summed E-state index contributed by atoms with van der Waals surface area (Å²) in [4.78, 5) is 2.63. The molecule has 3 rings (SSSR count). The van der Waals surface area contributed by atoms with Crippen LogP contribution in [0.25, 0.3) is 0 Å². The highest BCUT2D eigenvalue weighted by Crippen LogP contribution is 2.47. The highest BCUT2D eigenvalue weighted by Gasteiger charge is 2.39. The number of hydrogen-bond donors (Lipinski definition) is 0. The van der Waals surface area contributed by atoms with E-state index in [1.54, 1.807) is 11.1 Å². The van der Waals surface area contributed by atoms with E-state index in [1.807, 2.05) is 0 Å². The van der Waals surface area contributed by atoms with Crippen molar-refractivity contribution in [3.63, 3.8) is 0 Å². The van der Waals surface area contributed by atoms with Crippen LogP contribution in [-0.2, 0) is 6.42 Å². The lowest BCUT2D eigenvalue weighted by Crippen LogP contribution is -2.33. The third-order valence-electron chi connectivity index (χ3n) is 5.54. The molecule has 0 saturated heterocycles. The number of rotatable bonds is 4. The lowest BCUT2D eigenvalue weighted by Gasteiger charge is -2.36. The van der Waals surface area contributed by atoms with Crippen LogP contribution in [0.5, 0.6) is 0 Å². The van der Waals surface area contributed by atoms with Crippen molar-refractivity contribution in [1.29, 1.82) is 0 Å². The van der Waals surface area contributed by atoms with Crippen LogP contribution in [-0.4, -0.2) is 18.5 Å². The van der Waals surface area contributed by atoms with Gasteiger partial charge in [0.25, 0.3) is 0 Å². The third kappa shape index (κ3) is 2.65. The molecule has 0 aliphatic heterocycles. The van der Waals surface area contributed by atoms with E-state index in [4.69, 9.17) is 0 Å². The van der Waals surface area contributed by atoms with Crippen molar-refractivity contribution in [1.82, 2.24) is 4.90 Å². The summed E-state index contributed by atoms with van der Waals surface area (Å²) in [6.45, 7) is 3.52. The maximum absolute atomic E-state index is 2.63. The van der Waals surface area contributed by atoms with Crippen LogP contribution in [0.2, 0.25) is 0 Å². The lowest BCUT2D eigenvalue weighted by atomic mass is 9.76. The smallest absolute Gasteiger partial charge is 0.0381 e. The van der Waals surface area contributed by atoms with Gasteiger partial charge in [0.15, 0.2) is 0 Å². The molecule has 0 heterocycles. The van der Waals surface area contributed by atoms with Crippen molar-refractivity contribution >= 4 is 0 Å². The van der Waals surface area contributed by atoms with Crippen molar-refractivity contribution < 1.29 is 0 Å². The van der Waals surface area contributed by atoms with E-state index < -0.39 is 0 Å². The number of benzene rings is 1. The molecule has 1 saturated carbocycles. The van der Waals surface area contributed by atoms with E-state index in [-0.39, 0.29) is 0 Å². The largest absolute Gasteiger partial charge is 0.299 e. The number of hydrogen-bond acceptors (Lipinski definition) is 1. The molecule has 0 aromatic heterocycles. The second-order valence-corrected chi connectivity index (χ2v) is 6.89. The summed E-state index contributed by atoms with van der Waals surface area (Å²) >= 11 is 0. The van der Waals surface area contributed by atoms with E-state index in [9.17, 15) is 0 Å². The first-order valence-electron chi connectivity index (χ1n) is 8.59. The molecule has 20 heavy (non-hydrogen) atoms. The molecule has 0 spiro atoms. The first kappa shape index (κ1) is 14.1. The fraction of sp³-hybridized carbons (Fsp3) is 0.684. The number of nitrogens with zero attached hydrogens (tertiary/aromatic N) is 1. The zero-order chi connectivity index (χ0) is 13.9. The maximum atomic E-state index is 2.63. The molecular formula is C19H29N. The Morgan fingerprint density at radius 2 is 1.85 bits per heavy atom. The standard InChI is InChI=1S/C19H29N/c1-3-13-20(2)19-17-12-8-7-11-16(17)14-18(19)15-9-5-4-6-10-15/h7-8,11-12,15,18-19H,3-6,9-10,13-14H2,1-2H3. The van der Waals surface area contributed by atoms with Crippen LogP contribution in [0.1, 0.15) is 62.6 Å². The molecule has 0 bridgehead atoms. The Bertz CT molecular complexity index is 433. The lowest BCUT2D eigenvalue weighted by molar-refractivity contribution is 0.124. The third-order valence-corrected chi connectivity index (χ3v) is 5.54. The Labute approximate surface area is 124 Å². The van der Waals surface area contributed by atoms with E-state index in [1.165, 1.54) is 51.5 Å². The molecule has 2 aliphatic rings. The van der Waals surface area contributed by atoms with Gasteiger partial charge in [0, 0.05) is 6.04 Å². The Morgan fingerprint density at radius 3 is 2.60 bits per heavy atom. The highest BCUT2D eigenvalue weighted by molar-refractivity contribution is 5.36. The fourth-order valence-electron chi connectivity index (χ4n) is 4.65. The average molecular weight is 271 g/mol. The average Bonchev–Trinajstić information content (AvgIpc) is 2.88. The van der Waals surface area contributed by atoms with Gasteiger partial charge in [0.2, 0.25) is 0 Å². The van der Waals surface area contributed by atoms with Gasteiger partial charge in [-0.05, 0) is 49.4 Å². The first-order chi connectivity index (χ1) is 9.81. The summed E-state index contributed by atoms with van der Waals surface area (Å²) in [6, 6.07) is 9.88. The van der Waals surface area contributed by atoms with Gasteiger partial charge in [0.1, 0.15) is 0 Å². The second kappa shape index (κ2) is 6.30. The van der Waals surface area contributed by atoms with Gasteiger partial charge in [-0.15, -0.1) is 0 Å². The Hall–Kier alpha value is -0.820. The summed E-state index contributed by atoms with van der Waals surface area (Å²) in [5.41, 5.74) is 3.25. The molecule has 1 heteroatoms. The monoisotopic (exact) mass is 271 g/mol. The molecule has 0 radical (unpaired) electrons. The molecular weight excluding hydrogens is 242 g/mol. The summed E-state index contributed by atoms with van der Waals surface area (Å²) in [6.07, 6.45) is 9.89. The Morgan fingerprint density at radius 1 is 1.10 bits per heavy atom. The van der Waals surface area contributed by atoms with Gasteiger partial charge in [0.05, 0.1) is 0 Å². The minimum atomic E-state index is 0.675. The van der Waals surface area contributed by atoms with E-state index in [0.717, 1.165) is 11.8 Å². The first-order valence-corrected chi connectivity index (χ1v) is 8.59. The Kier molecular flexibility index (Phi) is 4.45. The van der Waals surface area contributed by atoms with Crippen LogP contribution in [0, 0.1) is 11.8 Å². The van der Waals surface area contributed by atoms with Crippen molar-refractivity contribution in [2.45, 2.75) is 57.9 Å². The topological polar surface area (TPSA) is 3.24 Å². The zero-order valence-electron chi connectivity index (χ0n) is 13.1. The van der Waals surface area contributed by atoms with Gasteiger partial charge < -0.3 is 0 Å². The molecule has 2 unspecified atom stereocenters. The van der Waals surface area contributed by atoms with Crippen LogP contribution >= 0.6 is 0 Å². The quantitative estimate of drug-likeness (QED) is 0.758. The maximum Gasteiger partial charge on any atom is 0.0381 e. The van der Waals surface area contributed by atoms with Crippen molar-refractivity contribution in [2.75, 3.05) is 13.6 Å². The van der Waals surface area contributed by atoms with Crippen molar-refractivity contribution in [3.05, 3.63) is 35.4 Å². The molecule has 0 N–H and O–H groups in total. The molecule has 2 aliphatic carbocycles. The van der Waals surface area contributed by atoms with Crippen LogP contribution in [0.4, 0.5) is 0 Å². The highest BCUT2D eigenvalue weighted by atomic mass is 15.1. The van der Waals surface area contributed by atoms with Gasteiger partial charge in [-0.2, -0.15) is 0 Å². The summed E-state index contributed by atoms with van der Waals surface area (Å²) < 4.78 is 0. The van der Waals surface area contributed by atoms with E-state index in [2.05, 4.69) is 43.1 Å². The normalized spacial score (nSPS) is 26.9. The zero-order valence-corrected chi connectivity index (χ0v) is 13.1. The number of fused-ring (bicyclic) bond motifs is 1. The summed E-state index contributed by atoms with van der Waals surface area (Å²) in [5.74, 6) is 1.82. The SMILES string of the molecule is CCCN(C)C1c2ccccc2CC1C1CCCCC1. The van der Waals surface area contributed by atoms with Gasteiger partial charge in [-0.25, -0.2) is 0 Å². The van der Waals surface area contributed by atoms with Gasteiger partial charge >= 0.3 is 0 Å². The van der Waals surface area contributed by atoms with Crippen LogP contribution in [0.3, 0.4) is 0 Å². The fourth-order valence-corrected chi connectivity index (χ4v) is 4.65. The van der Waals surface area contributed by atoms with Crippen molar-refractivity contribution in [3.8, 4) is 0 Å². The predicted octanol–water partition coefficient (Wildman–Crippen LogP) is 4.82. The second-order valence-electron chi connectivity index (χ2n) is 6.89. The molecule has 2 atom stereocenters. The molecule has 110 valence electrons. The predicted molar refractivity (Wildman–Crippen MR) is 85.9 cm³/mol. The molecule has 1 aromatic rings.